The lowest BCUT2D eigenvalue weighted by Gasteiger charge is -2.33. The van der Waals surface area contributed by atoms with Crippen LogP contribution >= 0.6 is 0 Å². The Kier molecular flexibility index (Phi) is 4.65. The van der Waals surface area contributed by atoms with Crippen molar-refractivity contribution in [3.63, 3.8) is 0 Å². The van der Waals surface area contributed by atoms with E-state index in [9.17, 15) is 9.59 Å². The molecule has 2 rings (SSSR count). The zero-order valence-corrected chi connectivity index (χ0v) is 13.2. The summed E-state index contributed by atoms with van der Waals surface area (Å²) in [5.41, 5.74) is 5.64. The molecule has 22 heavy (non-hydrogen) atoms. The number of rotatable bonds is 6. The van der Waals surface area contributed by atoms with Crippen molar-refractivity contribution in [3.8, 4) is 0 Å². The van der Waals surface area contributed by atoms with Crippen LogP contribution < -0.4 is 16.7 Å². The molecule has 1 amide bonds. The van der Waals surface area contributed by atoms with Gasteiger partial charge in [-0.1, -0.05) is 19.9 Å². The predicted octanol–water partition coefficient (Wildman–Crippen LogP) is 0.376. The summed E-state index contributed by atoms with van der Waals surface area (Å²) < 4.78 is 2.76. The second-order valence-corrected chi connectivity index (χ2v) is 6.01. The van der Waals surface area contributed by atoms with Crippen molar-refractivity contribution < 1.29 is 4.79 Å². The number of pyridine rings is 1. The maximum absolute atomic E-state index is 12.1. The molecule has 7 heteroatoms. The summed E-state index contributed by atoms with van der Waals surface area (Å²) in [4.78, 5) is 24.2. The molecular weight excluding hydrogens is 282 g/mol. The smallest absolute Gasteiger partial charge is 0.349 e. The summed E-state index contributed by atoms with van der Waals surface area (Å²) in [6.07, 6.45) is 1.84. The highest BCUT2D eigenvalue weighted by Gasteiger charge is 2.28. The number of aromatic nitrogens is 3. The van der Waals surface area contributed by atoms with Crippen molar-refractivity contribution in [2.75, 3.05) is 6.54 Å². The number of nitrogens with one attached hydrogen (secondary N) is 1. The van der Waals surface area contributed by atoms with Crippen LogP contribution in [-0.2, 0) is 11.3 Å². The van der Waals surface area contributed by atoms with Crippen LogP contribution in [-0.4, -0.2) is 32.2 Å². The second kappa shape index (κ2) is 6.31. The zero-order valence-electron chi connectivity index (χ0n) is 13.2. The average Bonchev–Trinajstić information content (AvgIpc) is 2.82. The summed E-state index contributed by atoms with van der Waals surface area (Å²) in [6.45, 7) is 6.56. The van der Waals surface area contributed by atoms with Gasteiger partial charge in [-0.25, -0.2) is 9.48 Å². The van der Waals surface area contributed by atoms with Gasteiger partial charge in [-0.3, -0.25) is 9.20 Å². The number of nitrogens with two attached hydrogens (primary N) is 1. The first-order chi connectivity index (χ1) is 10.4. The van der Waals surface area contributed by atoms with Gasteiger partial charge in [0.2, 0.25) is 5.91 Å². The van der Waals surface area contributed by atoms with E-state index >= 15 is 0 Å². The SMILES string of the molecule is CC(C)C(C)(CN)NC(=O)CCn1nc2ccccn2c1=O. The van der Waals surface area contributed by atoms with E-state index in [-0.39, 0.29) is 30.5 Å². The lowest BCUT2D eigenvalue weighted by molar-refractivity contribution is -0.123. The van der Waals surface area contributed by atoms with Crippen molar-refractivity contribution in [2.45, 2.75) is 39.3 Å². The van der Waals surface area contributed by atoms with Crippen molar-refractivity contribution in [3.05, 3.63) is 34.9 Å². The van der Waals surface area contributed by atoms with Gasteiger partial charge in [-0.15, -0.1) is 5.10 Å². The molecule has 0 aromatic carbocycles. The van der Waals surface area contributed by atoms with Crippen LogP contribution in [0, 0.1) is 5.92 Å². The van der Waals surface area contributed by atoms with Crippen LogP contribution in [0.25, 0.3) is 5.65 Å². The van der Waals surface area contributed by atoms with Crippen LogP contribution in [0.5, 0.6) is 0 Å². The molecule has 2 aromatic rings. The van der Waals surface area contributed by atoms with E-state index in [4.69, 9.17) is 5.73 Å². The third-order valence-electron chi connectivity index (χ3n) is 4.16. The van der Waals surface area contributed by atoms with E-state index in [1.54, 1.807) is 18.3 Å². The first-order valence-corrected chi connectivity index (χ1v) is 7.42. The van der Waals surface area contributed by atoms with E-state index in [2.05, 4.69) is 10.4 Å². The Bertz CT molecular complexity index is 718. The number of hydrogen-bond acceptors (Lipinski definition) is 4. The third-order valence-corrected chi connectivity index (χ3v) is 4.16. The predicted molar refractivity (Wildman–Crippen MR) is 84.5 cm³/mol. The number of carbonyl (C=O) groups excluding carboxylic acids is 1. The Labute approximate surface area is 129 Å². The van der Waals surface area contributed by atoms with E-state index < -0.39 is 5.54 Å². The molecule has 0 aliphatic rings. The van der Waals surface area contributed by atoms with Crippen molar-refractivity contribution in [1.29, 1.82) is 0 Å². The molecule has 0 aliphatic heterocycles. The molecule has 2 aromatic heterocycles. The molecule has 0 bridgehead atoms. The standard InChI is InChI=1S/C15H23N5O2/c1-11(2)15(3,10-16)17-13(21)7-9-20-14(22)19-8-5-4-6-12(19)18-20/h4-6,8,11H,7,9-10,16H2,1-3H3,(H,17,21). The van der Waals surface area contributed by atoms with Gasteiger partial charge >= 0.3 is 5.69 Å². The topological polar surface area (TPSA) is 94.4 Å². The molecule has 0 spiro atoms. The van der Waals surface area contributed by atoms with Crippen LogP contribution in [0.2, 0.25) is 0 Å². The average molecular weight is 305 g/mol. The molecule has 0 aliphatic carbocycles. The Hall–Kier alpha value is -2.15. The summed E-state index contributed by atoms with van der Waals surface area (Å²) in [7, 11) is 0. The normalized spacial score (nSPS) is 14.2. The van der Waals surface area contributed by atoms with E-state index in [0.717, 1.165) is 0 Å². The first-order valence-electron chi connectivity index (χ1n) is 7.42. The van der Waals surface area contributed by atoms with Gasteiger partial charge in [0.25, 0.3) is 0 Å². The fraction of sp³-hybridized carbons (Fsp3) is 0.533. The monoisotopic (exact) mass is 305 g/mol. The number of amides is 1. The van der Waals surface area contributed by atoms with Crippen LogP contribution in [0.1, 0.15) is 27.2 Å². The van der Waals surface area contributed by atoms with E-state index in [0.29, 0.717) is 12.2 Å². The molecule has 0 saturated heterocycles. The molecule has 0 fully saturated rings. The summed E-state index contributed by atoms with van der Waals surface area (Å²) in [6, 6.07) is 5.33. The minimum absolute atomic E-state index is 0.134. The first kappa shape index (κ1) is 16.2. The molecule has 7 nitrogen and oxygen atoms in total. The van der Waals surface area contributed by atoms with E-state index in [1.165, 1.54) is 9.08 Å². The number of carbonyl (C=O) groups is 1. The fourth-order valence-electron chi connectivity index (χ4n) is 2.13. The van der Waals surface area contributed by atoms with Crippen molar-refractivity contribution in [1.82, 2.24) is 19.5 Å². The summed E-state index contributed by atoms with van der Waals surface area (Å²) in [5, 5.41) is 7.15. The number of nitrogens with zero attached hydrogens (tertiary/aromatic N) is 3. The molecular formula is C15H23N5O2. The molecule has 0 radical (unpaired) electrons. The highest BCUT2D eigenvalue weighted by molar-refractivity contribution is 5.76. The van der Waals surface area contributed by atoms with Crippen LogP contribution in [0.3, 0.4) is 0 Å². The number of hydrogen-bond donors (Lipinski definition) is 2. The highest BCUT2D eigenvalue weighted by Crippen LogP contribution is 2.14. The Balaban J connectivity index is 2.04. The largest absolute Gasteiger partial charge is 0.350 e. The van der Waals surface area contributed by atoms with Crippen molar-refractivity contribution in [2.24, 2.45) is 11.7 Å². The number of fused-ring (bicyclic) bond motifs is 1. The Morgan fingerprint density at radius 3 is 2.77 bits per heavy atom. The Morgan fingerprint density at radius 1 is 1.45 bits per heavy atom. The van der Waals surface area contributed by atoms with Gasteiger partial charge in [0, 0.05) is 19.2 Å². The molecule has 3 N–H and O–H groups in total. The third kappa shape index (κ3) is 3.19. The zero-order chi connectivity index (χ0) is 16.3. The molecule has 0 saturated carbocycles. The highest BCUT2D eigenvalue weighted by atomic mass is 16.2. The minimum Gasteiger partial charge on any atom is -0.349 e. The number of aryl methyl sites for hydroxylation is 1. The van der Waals surface area contributed by atoms with E-state index in [1.807, 2.05) is 26.8 Å². The lowest BCUT2D eigenvalue weighted by Crippen LogP contribution is -2.55. The molecule has 120 valence electrons. The maximum atomic E-state index is 12.1. The van der Waals surface area contributed by atoms with Gasteiger partial charge < -0.3 is 11.1 Å². The van der Waals surface area contributed by atoms with Gasteiger partial charge in [-0.2, -0.15) is 0 Å². The van der Waals surface area contributed by atoms with Crippen LogP contribution in [0.4, 0.5) is 0 Å². The molecule has 2 heterocycles. The Morgan fingerprint density at radius 2 is 2.18 bits per heavy atom. The molecule has 1 unspecified atom stereocenters. The fourth-order valence-corrected chi connectivity index (χ4v) is 2.13. The van der Waals surface area contributed by atoms with Gasteiger partial charge in [-0.05, 0) is 25.0 Å². The summed E-state index contributed by atoms with van der Waals surface area (Å²) in [5.74, 6) is 0.0879. The van der Waals surface area contributed by atoms with Crippen LogP contribution in [0.15, 0.2) is 29.2 Å². The van der Waals surface area contributed by atoms with Gasteiger partial charge in [0.05, 0.1) is 12.1 Å². The lowest BCUT2D eigenvalue weighted by atomic mass is 9.88. The maximum Gasteiger partial charge on any atom is 0.350 e. The van der Waals surface area contributed by atoms with Gasteiger partial charge in [0.15, 0.2) is 5.65 Å². The molecule has 1 atom stereocenters. The second-order valence-electron chi connectivity index (χ2n) is 6.01. The quantitative estimate of drug-likeness (QED) is 0.806. The summed E-state index contributed by atoms with van der Waals surface area (Å²) >= 11 is 0. The minimum atomic E-state index is -0.443. The van der Waals surface area contributed by atoms with Crippen molar-refractivity contribution >= 4 is 11.6 Å². The van der Waals surface area contributed by atoms with Gasteiger partial charge in [0.1, 0.15) is 0 Å².